The zero-order valence-corrected chi connectivity index (χ0v) is 10.8. The molecule has 0 spiro atoms. The minimum absolute atomic E-state index is 0.775. The normalized spacial score (nSPS) is 12.7. The number of benzene rings is 1. The fourth-order valence-electron chi connectivity index (χ4n) is 2.12. The van der Waals surface area contributed by atoms with Crippen LogP contribution in [0.1, 0.15) is 12.5 Å². The van der Waals surface area contributed by atoms with E-state index in [1.54, 1.807) is 6.33 Å². The van der Waals surface area contributed by atoms with E-state index in [1.807, 2.05) is 25.1 Å². The summed E-state index contributed by atoms with van der Waals surface area (Å²) in [7, 11) is 0. The molecule has 0 amide bonds. The number of hydrogen-bond acceptors (Lipinski definition) is 5. The van der Waals surface area contributed by atoms with Gasteiger partial charge >= 0.3 is 0 Å². The van der Waals surface area contributed by atoms with Crippen LogP contribution in [0.3, 0.4) is 0 Å². The first-order chi connectivity index (χ1) is 9.35. The van der Waals surface area contributed by atoms with Crippen molar-refractivity contribution in [3.05, 3.63) is 36.2 Å². The standard InChI is InChI=1S/C14H16N4O/c1-2-15-13-8-14(17-9-16-13)18-11-3-4-12-10(7-11)5-6-19-12/h3-4,7-9H,2,5-6H2,1H3,(H2,15,16,17,18). The Morgan fingerprint density at radius 2 is 2.11 bits per heavy atom. The van der Waals surface area contributed by atoms with Crippen molar-refractivity contribution in [3.63, 3.8) is 0 Å². The van der Waals surface area contributed by atoms with Crippen LogP contribution in [0.4, 0.5) is 17.3 Å². The van der Waals surface area contributed by atoms with Crippen LogP contribution in [0.5, 0.6) is 5.75 Å². The molecule has 0 atom stereocenters. The Morgan fingerprint density at radius 3 is 3.00 bits per heavy atom. The van der Waals surface area contributed by atoms with Crippen molar-refractivity contribution in [2.24, 2.45) is 0 Å². The highest BCUT2D eigenvalue weighted by molar-refractivity contribution is 5.61. The number of rotatable bonds is 4. The van der Waals surface area contributed by atoms with Crippen LogP contribution in [0.15, 0.2) is 30.6 Å². The lowest BCUT2D eigenvalue weighted by Crippen LogP contribution is -2.01. The molecule has 98 valence electrons. The summed E-state index contributed by atoms with van der Waals surface area (Å²) >= 11 is 0. The summed E-state index contributed by atoms with van der Waals surface area (Å²) in [6.07, 6.45) is 2.52. The average Bonchev–Trinajstić information content (AvgIpc) is 2.87. The number of nitrogens with one attached hydrogen (secondary N) is 2. The van der Waals surface area contributed by atoms with Gasteiger partial charge in [0.25, 0.3) is 0 Å². The fraction of sp³-hybridized carbons (Fsp3) is 0.286. The van der Waals surface area contributed by atoms with Gasteiger partial charge in [0.2, 0.25) is 0 Å². The third-order valence-electron chi connectivity index (χ3n) is 2.99. The Labute approximate surface area is 112 Å². The van der Waals surface area contributed by atoms with Crippen LogP contribution in [-0.4, -0.2) is 23.1 Å². The van der Waals surface area contributed by atoms with Crippen molar-refractivity contribution in [2.75, 3.05) is 23.8 Å². The molecule has 1 aromatic carbocycles. The minimum Gasteiger partial charge on any atom is -0.493 e. The first-order valence-electron chi connectivity index (χ1n) is 6.44. The van der Waals surface area contributed by atoms with Crippen LogP contribution in [0.25, 0.3) is 0 Å². The van der Waals surface area contributed by atoms with Gasteiger partial charge in [-0.3, -0.25) is 0 Å². The van der Waals surface area contributed by atoms with Gasteiger partial charge in [0.15, 0.2) is 0 Å². The molecular formula is C14H16N4O. The van der Waals surface area contributed by atoms with Crippen molar-refractivity contribution in [1.82, 2.24) is 9.97 Å². The first kappa shape index (κ1) is 11.8. The predicted molar refractivity (Wildman–Crippen MR) is 75.1 cm³/mol. The van der Waals surface area contributed by atoms with Crippen LogP contribution in [-0.2, 0) is 6.42 Å². The maximum Gasteiger partial charge on any atom is 0.135 e. The zero-order valence-electron chi connectivity index (χ0n) is 10.8. The van der Waals surface area contributed by atoms with E-state index in [2.05, 4.69) is 26.7 Å². The number of hydrogen-bond donors (Lipinski definition) is 2. The second-order valence-corrected chi connectivity index (χ2v) is 4.36. The van der Waals surface area contributed by atoms with E-state index in [4.69, 9.17) is 4.74 Å². The average molecular weight is 256 g/mol. The predicted octanol–water partition coefficient (Wildman–Crippen LogP) is 2.59. The van der Waals surface area contributed by atoms with E-state index >= 15 is 0 Å². The molecule has 0 saturated heterocycles. The molecule has 0 bridgehead atoms. The molecule has 1 aliphatic heterocycles. The quantitative estimate of drug-likeness (QED) is 0.880. The molecule has 2 N–H and O–H groups in total. The molecule has 2 heterocycles. The Bertz CT molecular complexity index is 585. The summed E-state index contributed by atoms with van der Waals surface area (Å²) in [6.45, 7) is 3.65. The van der Waals surface area contributed by atoms with E-state index in [0.717, 1.165) is 42.6 Å². The molecule has 0 saturated carbocycles. The third-order valence-corrected chi connectivity index (χ3v) is 2.99. The van der Waals surface area contributed by atoms with Crippen molar-refractivity contribution >= 4 is 17.3 Å². The molecule has 2 aromatic rings. The highest BCUT2D eigenvalue weighted by Gasteiger charge is 2.12. The molecule has 19 heavy (non-hydrogen) atoms. The molecule has 5 nitrogen and oxygen atoms in total. The molecule has 1 aromatic heterocycles. The van der Waals surface area contributed by atoms with E-state index in [-0.39, 0.29) is 0 Å². The van der Waals surface area contributed by atoms with E-state index in [0.29, 0.717) is 0 Å². The Morgan fingerprint density at radius 1 is 1.21 bits per heavy atom. The molecule has 3 rings (SSSR count). The van der Waals surface area contributed by atoms with Crippen LogP contribution in [0, 0.1) is 0 Å². The van der Waals surface area contributed by atoms with Gasteiger partial charge in [-0.25, -0.2) is 9.97 Å². The lowest BCUT2D eigenvalue weighted by Gasteiger charge is -2.08. The van der Waals surface area contributed by atoms with E-state index in [1.165, 1.54) is 5.56 Å². The number of ether oxygens (including phenoxy) is 1. The summed E-state index contributed by atoms with van der Waals surface area (Å²) in [6, 6.07) is 8.00. The highest BCUT2D eigenvalue weighted by Crippen LogP contribution is 2.29. The van der Waals surface area contributed by atoms with Gasteiger partial charge in [-0.15, -0.1) is 0 Å². The maximum absolute atomic E-state index is 5.49. The molecule has 0 aliphatic carbocycles. The van der Waals surface area contributed by atoms with Crippen LogP contribution < -0.4 is 15.4 Å². The van der Waals surface area contributed by atoms with Gasteiger partial charge in [-0.05, 0) is 30.7 Å². The smallest absolute Gasteiger partial charge is 0.135 e. The molecule has 5 heteroatoms. The Balaban J connectivity index is 1.79. The van der Waals surface area contributed by atoms with Crippen molar-refractivity contribution in [3.8, 4) is 5.75 Å². The fourth-order valence-corrected chi connectivity index (χ4v) is 2.12. The summed E-state index contributed by atoms with van der Waals surface area (Å²) in [5, 5.41) is 6.45. The number of nitrogens with zero attached hydrogens (tertiary/aromatic N) is 2. The Kier molecular flexibility index (Phi) is 3.18. The van der Waals surface area contributed by atoms with Gasteiger partial charge in [-0.2, -0.15) is 0 Å². The van der Waals surface area contributed by atoms with Gasteiger partial charge in [0.05, 0.1) is 6.61 Å². The first-order valence-corrected chi connectivity index (χ1v) is 6.44. The number of aromatic nitrogens is 2. The Hall–Kier alpha value is -2.30. The third kappa shape index (κ3) is 2.59. The summed E-state index contributed by atoms with van der Waals surface area (Å²) < 4.78 is 5.49. The lowest BCUT2D eigenvalue weighted by molar-refractivity contribution is 0.357. The number of anilines is 3. The second-order valence-electron chi connectivity index (χ2n) is 4.36. The topological polar surface area (TPSA) is 59.1 Å². The highest BCUT2D eigenvalue weighted by atomic mass is 16.5. The van der Waals surface area contributed by atoms with Gasteiger partial charge in [-0.1, -0.05) is 0 Å². The maximum atomic E-state index is 5.49. The van der Waals surface area contributed by atoms with Crippen molar-refractivity contribution in [2.45, 2.75) is 13.3 Å². The minimum atomic E-state index is 0.775. The lowest BCUT2D eigenvalue weighted by atomic mass is 10.1. The molecule has 0 fully saturated rings. The van der Waals surface area contributed by atoms with Gasteiger partial charge in [0, 0.05) is 24.7 Å². The summed E-state index contributed by atoms with van der Waals surface area (Å²) in [5.41, 5.74) is 2.26. The van der Waals surface area contributed by atoms with E-state index in [9.17, 15) is 0 Å². The SMILES string of the molecule is CCNc1cc(Nc2ccc3c(c2)CCO3)ncn1. The van der Waals surface area contributed by atoms with Crippen LogP contribution in [0.2, 0.25) is 0 Å². The monoisotopic (exact) mass is 256 g/mol. The largest absolute Gasteiger partial charge is 0.493 e. The van der Waals surface area contributed by atoms with Gasteiger partial charge < -0.3 is 15.4 Å². The molecular weight excluding hydrogens is 240 g/mol. The molecule has 0 unspecified atom stereocenters. The van der Waals surface area contributed by atoms with E-state index < -0.39 is 0 Å². The van der Waals surface area contributed by atoms with Crippen molar-refractivity contribution < 1.29 is 4.74 Å². The summed E-state index contributed by atoms with van der Waals surface area (Å²) in [4.78, 5) is 8.36. The van der Waals surface area contributed by atoms with Crippen molar-refractivity contribution in [1.29, 1.82) is 0 Å². The van der Waals surface area contributed by atoms with Crippen LogP contribution >= 0.6 is 0 Å². The van der Waals surface area contributed by atoms with Gasteiger partial charge in [0.1, 0.15) is 23.7 Å². The zero-order chi connectivity index (χ0) is 13.1. The second kappa shape index (κ2) is 5.14. The molecule has 0 radical (unpaired) electrons. The number of fused-ring (bicyclic) bond motifs is 1. The summed E-state index contributed by atoms with van der Waals surface area (Å²) in [5.74, 6) is 2.59. The molecule has 1 aliphatic rings.